The van der Waals surface area contributed by atoms with Crippen LogP contribution in [0, 0.1) is 5.82 Å². The molecule has 0 radical (unpaired) electrons. The van der Waals surface area contributed by atoms with Crippen molar-refractivity contribution in [3.8, 4) is 0 Å². The van der Waals surface area contributed by atoms with Gasteiger partial charge in [0.05, 0.1) is 12.1 Å². The number of fused-ring (bicyclic) bond motifs is 1. The van der Waals surface area contributed by atoms with Gasteiger partial charge in [0.25, 0.3) is 5.91 Å². The molecule has 7 heteroatoms. The lowest BCUT2D eigenvalue weighted by Gasteiger charge is -2.05. The van der Waals surface area contributed by atoms with E-state index in [9.17, 15) is 9.18 Å². The summed E-state index contributed by atoms with van der Waals surface area (Å²) < 4.78 is 19.7. The van der Waals surface area contributed by atoms with Crippen LogP contribution in [0.25, 0.3) is 11.0 Å². The lowest BCUT2D eigenvalue weighted by molar-refractivity contribution is 0.0948. The maximum absolute atomic E-state index is 13.0. The van der Waals surface area contributed by atoms with E-state index in [1.165, 1.54) is 12.1 Å². The first kappa shape index (κ1) is 17.0. The molecule has 1 N–H and O–H groups in total. The van der Waals surface area contributed by atoms with Gasteiger partial charge >= 0.3 is 0 Å². The Morgan fingerprint density at radius 2 is 2.04 bits per heavy atom. The molecule has 0 aliphatic heterocycles. The zero-order chi connectivity index (χ0) is 17.6. The van der Waals surface area contributed by atoms with E-state index in [0.29, 0.717) is 30.8 Å². The van der Waals surface area contributed by atoms with Gasteiger partial charge in [-0.25, -0.2) is 9.07 Å². The monoisotopic (exact) mass is 342 g/mol. The fourth-order valence-corrected chi connectivity index (χ4v) is 2.51. The van der Waals surface area contributed by atoms with E-state index in [1.54, 1.807) is 36.1 Å². The molecule has 0 aliphatic rings. The van der Waals surface area contributed by atoms with Crippen molar-refractivity contribution in [3.63, 3.8) is 0 Å². The lowest BCUT2D eigenvalue weighted by atomic mass is 10.1. The number of ether oxygens (including phenoxy) is 1. The molecular weight excluding hydrogens is 323 g/mol. The van der Waals surface area contributed by atoms with Crippen molar-refractivity contribution in [2.45, 2.75) is 13.0 Å². The molecule has 0 bridgehead atoms. The third-order valence-electron chi connectivity index (χ3n) is 3.83. The van der Waals surface area contributed by atoms with Crippen molar-refractivity contribution in [1.82, 2.24) is 20.3 Å². The summed E-state index contributed by atoms with van der Waals surface area (Å²) in [5, 5.41) is 11.1. The molecule has 0 spiro atoms. The van der Waals surface area contributed by atoms with Crippen LogP contribution in [0.4, 0.5) is 4.39 Å². The Balaban J connectivity index is 1.72. The molecule has 0 atom stereocenters. The van der Waals surface area contributed by atoms with Crippen molar-refractivity contribution in [1.29, 1.82) is 0 Å². The zero-order valence-corrected chi connectivity index (χ0v) is 13.9. The van der Waals surface area contributed by atoms with Gasteiger partial charge in [-0.3, -0.25) is 4.79 Å². The summed E-state index contributed by atoms with van der Waals surface area (Å²) in [6.45, 7) is 1.65. The molecule has 130 valence electrons. The van der Waals surface area contributed by atoms with Gasteiger partial charge in [-0.2, -0.15) is 0 Å². The largest absolute Gasteiger partial charge is 0.385 e. The fourth-order valence-electron chi connectivity index (χ4n) is 2.51. The van der Waals surface area contributed by atoms with Gasteiger partial charge in [0.1, 0.15) is 11.3 Å². The third kappa shape index (κ3) is 4.19. The Kier molecular flexibility index (Phi) is 5.35. The van der Waals surface area contributed by atoms with E-state index in [-0.39, 0.29) is 11.7 Å². The minimum absolute atomic E-state index is 0.147. The van der Waals surface area contributed by atoms with Gasteiger partial charge in [-0.15, -0.1) is 5.10 Å². The standard InChI is InChI=1S/C18H19FN4O2/c1-25-10-2-9-20-18(24)14-5-8-17-16(11-14)21-22-23(17)12-13-3-6-15(19)7-4-13/h3-8,11H,2,9-10,12H2,1H3,(H,20,24). The zero-order valence-electron chi connectivity index (χ0n) is 13.9. The summed E-state index contributed by atoms with van der Waals surface area (Å²) in [4.78, 5) is 12.1. The predicted molar refractivity (Wildman–Crippen MR) is 91.9 cm³/mol. The highest BCUT2D eigenvalue weighted by atomic mass is 19.1. The van der Waals surface area contributed by atoms with Crippen LogP contribution in [-0.2, 0) is 11.3 Å². The summed E-state index contributed by atoms with van der Waals surface area (Å²) in [6, 6.07) is 11.5. The van der Waals surface area contributed by atoms with Crippen LogP contribution in [0.15, 0.2) is 42.5 Å². The van der Waals surface area contributed by atoms with Gasteiger partial charge in [-0.05, 0) is 42.3 Å². The van der Waals surface area contributed by atoms with Gasteiger partial charge in [-0.1, -0.05) is 17.3 Å². The number of carbonyl (C=O) groups is 1. The van der Waals surface area contributed by atoms with E-state index in [1.807, 2.05) is 6.07 Å². The number of carbonyl (C=O) groups excluding carboxylic acids is 1. The first-order valence-electron chi connectivity index (χ1n) is 8.02. The number of hydrogen-bond acceptors (Lipinski definition) is 4. The van der Waals surface area contributed by atoms with Crippen molar-refractivity contribution >= 4 is 16.9 Å². The smallest absolute Gasteiger partial charge is 0.251 e. The molecule has 1 aromatic heterocycles. The minimum Gasteiger partial charge on any atom is -0.385 e. The molecule has 3 aromatic rings. The second kappa shape index (κ2) is 7.85. The van der Waals surface area contributed by atoms with Crippen molar-refractivity contribution in [2.75, 3.05) is 20.3 Å². The Labute approximate surface area is 144 Å². The Morgan fingerprint density at radius 1 is 1.24 bits per heavy atom. The van der Waals surface area contributed by atoms with Crippen molar-refractivity contribution < 1.29 is 13.9 Å². The van der Waals surface area contributed by atoms with Crippen LogP contribution in [0.2, 0.25) is 0 Å². The number of aromatic nitrogens is 3. The number of hydrogen-bond donors (Lipinski definition) is 1. The van der Waals surface area contributed by atoms with Gasteiger partial charge in [0.15, 0.2) is 0 Å². The maximum Gasteiger partial charge on any atom is 0.251 e. The molecule has 0 aliphatic carbocycles. The molecule has 6 nitrogen and oxygen atoms in total. The van der Waals surface area contributed by atoms with E-state index in [4.69, 9.17) is 4.74 Å². The Morgan fingerprint density at radius 3 is 2.80 bits per heavy atom. The van der Waals surface area contributed by atoms with Crippen molar-refractivity contribution in [3.05, 3.63) is 59.4 Å². The lowest BCUT2D eigenvalue weighted by Crippen LogP contribution is -2.25. The molecule has 1 amide bonds. The number of benzene rings is 2. The van der Waals surface area contributed by atoms with Crippen LogP contribution in [-0.4, -0.2) is 41.2 Å². The highest BCUT2D eigenvalue weighted by Gasteiger charge is 2.10. The summed E-state index contributed by atoms with van der Waals surface area (Å²) in [6.07, 6.45) is 0.762. The molecular formula is C18H19FN4O2. The topological polar surface area (TPSA) is 69.0 Å². The number of amides is 1. The predicted octanol–water partition coefficient (Wildman–Crippen LogP) is 2.38. The molecule has 0 fully saturated rings. The minimum atomic E-state index is -0.270. The van der Waals surface area contributed by atoms with Crippen LogP contribution in [0.1, 0.15) is 22.3 Å². The molecule has 1 heterocycles. The van der Waals surface area contributed by atoms with Gasteiger partial charge in [0, 0.05) is 25.8 Å². The highest BCUT2D eigenvalue weighted by molar-refractivity contribution is 5.97. The number of rotatable bonds is 7. The maximum atomic E-state index is 13.0. The third-order valence-corrected chi connectivity index (χ3v) is 3.83. The Hall–Kier alpha value is -2.80. The van der Waals surface area contributed by atoms with Crippen LogP contribution < -0.4 is 5.32 Å². The quantitative estimate of drug-likeness (QED) is 0.670. The normalized spacial score (nSPS) is 11.0. The molecule has 3 rings (SSSR count). The first-order chi connectivity index (χ1) is 12.2. The number of halogens is 1. The number of methoxy groups -OCH3 is 1. The van der Waals surface area contributed by atoms with Crippen LogP contribution in [0.3, 0.4) is 0 Å². The van der Waals surface area contributed by atoms with E-state index in [2.05, 4.69) is 15.6 Å². The molecule has 0 unspecified atom stereocenters. The number of nitrogens with one attached hydrogen (secondary N) is 1. The van der Waals surface area contributed by atoms with Gasteiger partial charge < -0.3 is 10.1 Å². The van der Waals surface area contributed by atoms with E-state index >= 15 is 0 Å². The summed E-state index contributed by atoms with van der Waals surface area (Å²) in [5.74, 6) is -0.417. The average molecular weight is 342 g/mol. The second-order valence-corrected chi connectivity index (χ2v) is 5.68. The van der Waals surface area contributed by atoms with Crippen LogP contribution >= 0.6 is 0 Å². The Bertz CT molecular complexity index is 861. The average Bonchev–Trinajstić information content (AvgIpc) is 3.02. The van der Waals surface area contributed by atoms with Crippen LogP contribution in [0.5, 0.6) is 0 Å². The SMILES string of the molecule is COCCCNC(=O)c1ccc2c(c1)nnn2Cc1ccc(F)cc1. The highest BCUT2D eigenvalue weighted by Crippen LogP contribution is 2.15. The summed E-state index contributed by atoms with van der Waals surface area (Å²) >= 11 is 0. The number of nitrogens with zero attached hydrogens (tertiary/aromatic N) is 3. The molecule has 2 aromatic carbocycles. The molecule has 0 saturated heterocycles. The van der Waals surface area contributed by atoms with E-state index < -0.39 is 0 Å². The first-order valence-corrected chi connectivity index (χ1v) is 8.02. The van der Waals surface area contributed by atoms with Gasteiger partial charge in [0.2, 0.25) is 0 Å². The molecule has 25 heavy (non-hydrogen) atoms. The second-order valence-electron chi connectivity index (χ2n) is 5.68. The fraction of sp³-hybridized carbons (Fsp3) is 0.278. The van der Waals surface area contributed by atoms with E-state index in [0.717, 1.165) is 17.5 Å². The molecule has 0 saturated carbocycles. The van der Waals surface area contributed by atoms with Crippen molar-refractivity contribution in [2.24, 2.45) is 0 Å². The summed E-state index contributed by atoms with van der Waals surface area (Å²) in [5.41, 5.74) is 2.93. The summed E-state index contributed by atoms with van der Waals surface area (Å²) in [7, 11) is 1.63.